The number of hydrogen-bond acceptors (Lipinski definition) is 7. The van der Waals surface area contributed by atoms with Gasteiger partial charge in [-0.15, -0.1) is 5.10 Å². The number of fused-ring (bicyclic) bond motifs is 1. The summed E-state index contributed by atoms with van der Waals surface area (Å²) in [4.78, 5) is 26.3. The van der Waals surface area contributed by atoms with Gasteiger partial charge in [0.2, 0.25) is 5.88 Å². The van der Waals surface area contributed by atoms with Crippen LogP contribution in [-0.2, 0) is 16.0 Å². The van der Waals surface area contributed by atoms with E-state index in [1.165, 1.54) is 4.52 Å². The number of nitrogens with two attached hydrogens (primary N) is 1. The van der Waals surface area contributed by atoms with Gasteiger partial charge in [0.1, 0.15) is 0 Å². The topological polar surface area (TPSA) is 133 Å². The molecule has 10 heteroatoms. The predicted molar refractivity (Wildman–Crippen MR) is 127 cm³/mol. The Bertz CT molecular complexity index is 1170. The highest BCUT2D eigenvalue weighted by Gasteiger charge is 2.34. The number of ether oxygens (including phenoxy) is 2. The first-order valence-corrected chi connectivity index (χ1v) is 12.1. The van der Waals surface area contributed by atoms with Gasteiger partial charge in [0, 0.05) is 39.0 Å². The zero-order valence-electron chi connectivity index (χ0n) is 19.6. The minimum Gasteiger partial charge on any atom is -0.494 e. The van der Waals surface area contributed by atoms with Gasteiger partial charge in [-0.1, -0.05) is 19.1 Å². The van der Waals surface area contributed by atoms with E-state index in [1.54, 1.807) is 4.57 Å². The largest absolute Gasteiger partial charge is 0.494 e. The highest BCUT2D eigenvalue weighted by molar-refractivity contribution is 5.97. The predicted octanol–water partition coefficient (Wildman–Crippen LogP) is 1.93. The number of anilines is 1. The Kier molecular flexibility index (Phi) is 6.11. The fourth-order valence-corrected chi connectivity index (χ4v) is 4.81. The number of amides is 1. The van der Waals surface area contributed by atoms with Crippen LogP contribution >= 0.6 is 0 Å². The van der Waals surface area contributed by atoms with Crippen LogP contribution in [0.3, 0.4) is 0 Å². The molecule has 2 aromatic heterocycles. The molecule has 3 aliphatic rings. The van der Waals surface area contributed by atoms with Crippen LogP contribution in [-0.4, -0.2) is 57.7 Å². The minimum atomic E-state index is -0.670. The third kappa shape index (κ3) is 4.44. The quantitative estimate of drug-likeness (QED) is 0.586. The summed E-state index contributed by atoms with van der Waals surface area (Å²) in [6.45, 7) is 5.21. The van der Waals surface area contributed by atoms with Crippen molar-refractivity contribution >= 4 is 23.4 Å². The van der Waals surface area contributed by atoms with Crippen LogP contribution in [0.5, 0.6) is 5.88 Å². The summed E-state index contributed by atoms with van der Waals surface area (Å²) in [5, 5.41) is 18.4. The van der Waals surface area contributed by atoms with Crippen LogP contribution < -0.4 is 16.6 Å². The molecular formula is C24H33N5O5. The summed E-state index contributed by atoms with van der Waals surface area (Å²) in [6, 6.07) is 0.0455. The maximum atomic E-state index is 13.3. The number of allylic oxidation sites excluding steroid dienone is 1. The molecule has 0 radical (unpaired) electrons. The highest BCUT2D eigenvalue weighted by Crippen LogP contribution is 2.35. The Morgan fingerprint density at radius 1 is 1.21 bits per heavy atom. The average Bonchev–Trinajstić information content (AvgIpc) is 3.57. The van der Waals surface area contributed by atoms with Gasteiger partial charge in [-0.25, -0.2) is 0 Å². The van der Waals surface area contributed by atoms with Crippen LogP contribution in [0.15, 0.2) is 10.9 Å². The number of nitrogen functional groups attached to an aromatic ring is 1. The van der Waals surface area contributed by atoms with Crippen molar-refractivity contribution in [2.24, 2.45) is 11.3 Å². The third-order valence-electron chi connectivity index (χ3n) is 7.25. The van der Waals surface area contributed by atoms with Crippen molar-refractivity contribution in [1.82, 2.24) is 19.5 Å². The minimum absolute atomic E-state index is 0.0455. The molecule has 184 valence electrons. The molecule has 1 saturated carbocycles. The first-order chi connectivity index (χ1) is 16.4. The molecule has 3 fully saturated rings. The molecule has 34 heavy (non-hydrogen) atoms. The number of carbonyl (C=O) groups is 1. The first-order valence-electron chi connectivity index (χ1n) is 12.1. The van der Waals surface area contributed by atoms with E-state index >= 15 is 0 Å². The fourth-order valence-electron chi connectivity index (χ4n) is 4.81. The van der Waals surface area contributed by atoms with Crippen LogP contribution in [0.1, 0.15) is 61.4 Å². The summed E-state index contributed by atoms with van der Waals surface area (Å²) in [6.07, 6.45) is 9.13. The normalized spacial score (nSPS) is 21.3. The summed E-state index contributed by atoms with van der Waals surface area (Å²) in [7, 11) is 0. The van der Waals surface area contributed by atoms with Gasteiger partial charge in [0.25, 0.3) is 11.5 Å². The molecule has 0 spiro atoms. The molecule has 2 saturated heterocycles. The Hall–Kier alpha value is -2.85. The van der Waals surface area contributed by atoms with E-state index < -0.39 is 11.5 Å². The van der Waals surface area contributed by atoms with Crippen LogP contribution in [0.2, 0.25) is 0 Å². The molecular weight excluding hydrogens is 438 g/mol. The Balaban J connectivity index is 1.64. The highest BCUT2D eigenvalue weighted by atomic mass is 16.5. The summed E-state index contributed by atoms with van der Waals surface area (Å²) in [5.41, 5.74) is 6.10. The smallest absolute Gasteiger partial charge is 0.291 e. The van der Waals surface area contributed by atoms with Crippen molar-refractivity contribution in [2.75, 3.05) is 32.2 Å². The summed E-state index contributed by atoms with van der Waals surface area (Å²) in [5.74, 6) is -0.394. The second kappa shape index (κ2) is 9.07. The van der Waals surface area contributed by atoms with Crippen LogP contribution in [0, 0.1) is 11.3 Å². The fraction of sp³-hybridized carbons (Fsp3) is 0.625. The number of aromatic hydroxyl groups is 1. The van der Waals surface area contributed by atoms with E-state index in [0.717, 1.165) is 38.5 Å². The molecule has 4 heterocycles. The number of nitrogens with zero attached hydrogens (tertiary/aromatic N) is 3. The van der Waals surface area contributed by atoms with Gasteiger partial charge in [-0.3, -0.25) is 14.2 Å². The zero-order chi connectivity index (χ0) is 23.9. The van der Waals surface area contributed by atoms with E-state index in [1.807, 2.05) is 6.08 Å². The summed E-state index contributed by atoms with van der Waals surface area (Å²) < 4.78 is 13.8. The number of aromatic nitrogens is 3. The lowest BCUT2D eigenvalue weighted by molar-refractivity contribution is 0.0149. The molecule has 5 rings (SSSR count). The van der Waals surface area contributed by atoms with Crippen molar-refractivity contribution in [3.8, 4) is 5.88 Å². The molecule has 4 N–H and O–H groups in total. The molecule has 0 aromatic carbocycles. The molecule has 2 aliphatic heterocycles. The van der Waals surface area contributed by atoms with Crippen LogP contribution in [0.4, 0.5) is 5.82 Å². The molecule has 0 atom stereocenters. The van der Waals surface area contributed by atoms with Gasteiger partial charge < -0.3 is 25.6 Å². The Labute approximate surface area is 197 Å². The number of nitrogens with one attached hydrogen (secondary N) is 1. The Morgan fingerprint density at radius 3 is 2.56 bits per heavy atom. The van der Waals surface area contributed by atoms with Gasteiger partial charge >= 0.3 is 0 Å². The van der Waals surface area contributed by atoms with E-state index in [2.05, 4.69) is 23.4 Å². The van der Waals surface area contributed by atoms with Crippen molar-refractivity contribution in [3.05, 3.63) is 27.6 Å². The van der Waals surface area contributed by atoms with Gasteiger partial charge in [-0.2, -0.15) is 4.52 Å². The monoisotopic (exact) mass is 471 g/mol. The molecule has 1 aliphatic carbocycles. The average molecular weight is 472 g/mol. The number of hydrogen-bond donors (Lipinski definition) is 3. The van der Waals surface area contributed by atoms with Crippen molar-refractivity contribution in [2.45, 2.75) is 58.0 Å². The molecule has 10 nitrogen and oxygen atoms in total. The van der Waals surface area contributed by atoms with Crippen molar-refractivity contribution in [1.29, 1.82) is 0 Å². The molecule has 0 unspecified atom stereocenters. The van der Waals surface area contributed by atoms with Gasteiger partial charge in [0.15, 0.2) is 17.0 Å². The second-order valence-electron chi connectivity index (χ2n) is 10.1. The Morgan fingerprint density at radius 2 is 1.88 bits per heavy atom. The van der Waals surface area contributed by atoms with E-state index in [-0.39, 0.29) is 28.7 Å². The van der Waals surface area contributed by atoms with Crippen molar-refractivity contribution in [3.63, 3.8) is 0 Å². The SMILES string of the molecule is CC1(Cn2c(O)c(C(=O)NC3CC3)c(=O)n3nc(N)c(/C=C/C4CCOCC4)c23)CCOCC1. The standard InChI is InChI=1S/C24H33N5O5/c1-24(8-12-34-13-9-24)14-28-21-17(5-2-15-6-10-33-11-7-15)19(25)27-29(21)23(32)18(22(28)31)20(30)26-16-3-4-16/h2,5,15-16,31H,3-4,6-14H2,1H3,(H2,25,27)(H,26,30)/b5-2+. The maximum absolute atomic E-state index is 13.3. The first kappa shape index (κ1) is 22.9. The zero-order valence-corrected chi connectivity index (χ0v) is 19.6. The number of carbonyl (C=O) groups excluding carboxylic acids is 1. The van der Waals surface area contributed by atoms with Crippen LogP contribution in [0.25, 0.3) is 11.7 Å². The van der Waals surface area contributed by atoms with Gasteiger partial charge in [0.05, 0.1) is 5.56 Å². The lowest BCUT2D eigenvalue weighted by Gasteiger charge is -2.34. The lowest BCUT2D eigenvalue weighted by atomic mass is 9.82. The maximum Gasteiger partial charge on any atom is 0.291 e. The number of rotatable bonds is 6. The lowest BCUT2D eigenvalue weighted by Crippen LogP contribution is -2.36. The summed E-state index contributed by atoms with van der Waals surface area (Å²) >= 11 is 0. The molecule has 0 bridgehead atoms. The second-order valence-corrected chi connectivity index (χ2v) is 10.1. The van der Waals surface area contributed by atoms with E-state index in [4.69, 9.17) is 15.2 Å². The van der Waals surface area contributed by atoms with Gasteiger partial charge in [-0.05, 0) is 49.9 Å². The van der Waals surface area contributed by atoms with E-state index in [0.29, 0.717) is 50.1 Å². The molecule has 1 amide bonds. The van der Waals surface area contributed by atoms with Crippen molar-refractivity contribution < 1.29 is 19.4 Å². The van der Waals surface area contributed by atoms with E-state index in [9.17, 15) is 14.7 Å². The molecule has 2 aromatic rings. The third-order valence-corrected chi connectivity index (χ3v) is 7.25.